The van der Waals surface area contributed by atoms with Crippen molar-refractivity contribution in [1.82, 2.24) is 10.6 Å². The Bertz CT molecular complexity index is 591. The van der Waals surface area contributed by atoms with E-state index in [-0.39, 0.29) is 17.6 Å². The normalized spacial score (nSPS) is 22.1. The van der Waals surface area contributed by atoms with Crippen LogP contribution in [0.3, 0.4) is 0 Å². The standard InChI is InChI=1S/C20H30N2O4/c1-3-4-5-6-7-8-9-10-18(24)21-15(2)19(25)22-16-11-12-17(23)20(13-16)14-26-20/h11-13,15H,3-10,14H2,1-2H3,(H,21,24)(H,22,25)/t15-,20?/m1/s1. The molecule has 0 aromatic rings. The molecule has 1 fully saturated rings. The van der Waals surface area contributed by atoms with Crippen LogP contribution in [0.5, 0.6) is 0 Å². The summed E-state index contributed by atoms with van der Waals surface area (Å²) in [7, 11) is 0. The predicted octanol–water partition coefficient (Wildman–Crippen LogP) is 2.54. The van der Waals surface area contributed by atoms with Gasteiger partial charge in [-0.2, -0.15) is 0 Å². The molecule has 2 atom stereocenters. The van der Waals surface area contributed by atoms with Crippen LogP contribution in [0.2, 0.25) is 0 Å². The average Bonchev–Trinajstić information content (AvgIpc) is 3.37. The smallest absolute Gasteiger partial charge is 0.246 e. The highest BCUT2D eigenvalue weighted by Crippen LogP contribution is 2.33. The second-order valence-electron chi connectivity index (χ2n) is 7.13. The molecule has 26 heavy (non-hydrogen) atoms. The first kappa shape index (κ1) is 20.4. The molecular weight excluding hydrogens is 332 g/mol. The minimum absolute atomic E-state index is 0.105. The molecular formula is C20H30N2O4. The van der Waals surface area contributed by atoms with E-state index in [0.717, 1.165) is 19.3 Å². The number of rotatable bonds is 11. The third-order valence-electron chi connectivity index (χ3n) is 4.72. The molecule has 0 bridgehead atoms. The van der Waals surface area contributed by atoms with Gasteiger partial charge in [0.2, 0.25) is 11.8 Å². The fourth-order valence-corrected chi connectivity index (χ4v) is 2.93. The van der Waals surface area contributed by atoms with Crippen LogP contribution in [-0.2, 0) is 19.1 Å². The van der Waals surface area contributed by atoms with Crippen LogP contribution in [0.4, 0.5) is 0 Å². The van der Waals surface area contributed by atoms with Crippen LogP contribution in [0.25, 0.3) is 0 Å². The molecule has 6 nitrogen and oxygen atoms in total. The van der Waals surface area contributed by atoms with Crippen molar-refractivity contribution in [2.75, 3.05) is 6.61 Å². The molecule has 0 aromatic carbocycles. The van der Waals surface area contributed by atoms with Gasteiger partial charge in [0.25, 0.3) is 0 Å². The first-order valence-electron chi connectivity index (χ1n) is 9.66. The molecule has 6 heteroatoms. The Morgan fingerprint density at radius 3 is 2.46 bits per heavy atom. The van der Waals surface area contributed by atoms with Crippen LogP contribution >= 0.6 is 0 Å². The average molecular weight is 362 g/mol. The van der Waals surface area contributed by atoms with Gasteiger partial charge in [0, 0.05) is 12.1 Å². The van der Waals surface area contributed by atoms with Gasteiger partial charge in [-0.15, -0.1) is 0 Å². The number of carbonyl (C=O) groups is 3. The molecule has 0 aromatic heterocycles. The lowest BCUT2D eigenvalue weighted by Gasteiger charge is -2.17. The highest BCUT2D eigenvalue weighted by Gasteiger charge is 2.50. The summed E-state index contributed by atoms with van der Waals surface area (Å²) in [5, 5.41) is 5.45. The molecule has 1 aliphatic heterocycles. The predicted molar refractivity (Wildman–Crippen MR) is 99.3 cm³/mol. The third kappa shape index (κ3) is 6.09. The van der Waals surface area contributed by atoms with Crippen molar-refractivity contribution < 1.29 is 19.1 Å². The second kappa shape index (κ2) is 9.67. The zero-order valence-electron chi connectivity index (χ0n) is 15.8. The van der Waals surface area contributed by atoms with Crippen molar-refractivity contribution in [3.63, 3.8) is 0 Å². The van der Waals surface area contributed by atoms with E-state index in [1.165, 1.54) is 31.8 Å². The van der Waals surface area contributed by atoms with Gasteiger partial charge < -0.3 is 15.4 Å². The van der Waals surface area contributed by atoms with E-state index in [4.69, 9.17) is 4.74 Å². The summed E-state index contributed by atoms with van der Waals surface area (Å²) < 4.78 is 5.17. The molecule has 1 saturated heterocycles. The van der Waals surface area contributed by atoms with Gasteiger partial charge in [-0.3, -0.25) is 14.4 Å². The zero-order valence-corrected chi connectivity index (χ0v) is 15.8. The zero-order chi connectivity index (χ0) is 19.0. The highest BCUT2D eigenvalue weighted by molar-refractivity contribution is 6.03. The van der Waals surface area contributed by atoms with Crippen LogP contribution in [-0.4, -0.2) is 35.8 Å². The molecule has 2 amide bonds. The fraction of sp³-hybridized carbons (Fsp3) is 0.650. The maximum atomic E-state index is 12.2. The Kier molecular flexibility index (Phi) is 7.57. The van der Waals surface area contributed by atoms with E-state index in [0.29, 0.717) is 18.7 Å². The van der Waals surface area contributed by atoms with Crippen LogP contribution < -0.4 is 10.6 Å². The number of carbonyl (C=O) groups excluding carboxylic acids is 3. The van der Waals surface area contributed by atoms with E-state index in [1.807, 2.05) is 0 Å². The number of unbranched alkanes of at least 4 members (excludes halogenated alkanes) is 6. The van der Waals surface area contributed by atoms with E-state index in [9.17, 15) is 14.4 Å². The SMILES string of the molecule is CCCCCCCCCC(=O)N[C@H](C)C(=O)NC1=CC2(CO2)C(=O)C=C1. The Morgan fingerprint density at radius 1 is 1.15 bits per heavy atom. The van der Waals surface area contributed by atoms with Crippen molar-refractivity contribution in [3.05, 3.63) is 23.9 Å². The van der Waals surface area contributed by atoms with Crippen molar-refractivity contribution in [2.45, 2.75) is 76.9 Å². The van der Waals surface area contributed by atoms with Crippen LogP contribution in [0, 0.1) is 0 Å². The Balaban J connectivity index is 1.63. The van der Waals surface area contributed by atoms with Gasteiger partial charge in [0.1, 0.15) is 6.04 Å². The summed E-state index contributed by atoms with van der Waals surface area (Å²) in [5.74, 6) is -0.517. The van der Waals surface area contributed by atoms with E-state index >= 15 is 0 Å². The number of ketones is 1. The molecule has 0 radical (unpaired) electrons. The van der Waals surface area contributed by atoms with Gasteiger partial charge in [0.15, 0.2) is 11.4 Å². The maximum Gasteiger partial charge on any atom is 0.246 e. The summed E-state index contributed by atoms with van der Waals surface area (Å²) in [6.45, 7) is 4.19. The number of epoxide rings is 1. The van der Waals surface area contributed by atoms with Crippen molar-refractivity contribution in [1.29, 1.82) is 0 Å². The van der Waals surface area contributed by atoms with E-state index in [1.54, 1.807) is 19.1 Å². The molecule has 1 unspecified atom stereocenters. The Morgan fingerprint density at radius 2 is 1.81 bits per heavy atom. The lowest BCUT2D eigenvalue weighted by atomic mass is 9.98. The number of ether oxygens (including phenoxy) is 1. The van der Waals surface area contributed by atoms with E-state index < -0.39 is 11.6 Å². The number of amides is 2. The quantitative estimate of drug-likeness (QED) is 0.437. The van der Waals surface area contributed by atoms with Gasteiger partial charge in [0.05, 0.1) is 6.61 Å². The molecule has 2 N–H and O–H groups in total. The second-order valence-corrected chi connectivity index (χ2v) is 7.13. The molecule has 144 valence electrons. The van der Waals surface area contributed by atoms with Crippen molar-refractivity contribution in [3.8, 4) is 0 Å². The molecule has 2 aliphatic rings. The first-order valence-corrected chi connectivity index (χ1v) is 9.66. The third-order valence-corrected chi connectivity index (χ3v) is 4.72. The van der Waals surface area contributed by atoms with Gasteiger partial charge in [-0.25, -0.2) is 0 Å². The van der Waals surface area contributed by atoms with Gasteiger partial charge in [-0.1, -0.05) is 45.4 Å². The topological polar surface area (TPSA) is 87.8 Å². The fourth-order valence-electron chi connectivity index (χ4n) is 2.93. The number of hydrogen-bond acceptors (Lipinski definition) is 4. The van der Waals surface area contributed by atoms with Crippen LogP contribution in [0.15, 0.2) is 23.9 Å². The first-order chi connectivity index (χ1) is 12.5. The summed E-state index contributed by atoms with van der Waals surface area (Å²) in [4.78, 5) is 35.8. The highest BCUT2D eigenvalue weighted by atomic mass is 16.6. The minimum atomic E-state index is -0.874. The number of allylic oxidation sites excluding steroid dienone is 1. The lowest BCUT2D eigenvalue weighted by molar-refractivity contribution is -0.128. The van der Waals surface area contributed by atoms with Crippen molar-refractivity contribution >= 4 is 17.6 Å². The molecule has 1 heterocycles. The Labute approximate surface area is 155 Å². The summed E-state index contributed by atoms with van der Waals surface area (Å²) >= 11 is 0. The maximum absolute atomic E-state index is 12.2. The number of nitrogens with one attached hydrogen (secondary N) is 2. The lowest BCUT2D eigenvalue weighted by Crippen LogP contribution is -2.44. The monoisotopic (exact) mass is 362 g/mol. The summed E-state index contributed by atoms with van der Waals surface area (Å²) in [5.41, 5.74) is -0.346. The molecule has 1 aliphatic carbocycles. The Hall–Kier alpha value is -1.95. The van der Waals surface area contributed by atoms with Crippen molar-refractivity contribution in [2.24, 2.45) is 0 Å². The summed E-state index contributed by atoms with van der Waals surface area (Å²) in [6.07, 6.45) is 13.1. The molecule has 1 spiro atoms. The summed E-state index contributed by atoms with van der Waals surface area (Å²) in [6, 6.07) is -0.630. The van der Waals surface area contributed by atoms with Gasteiger partial charge in [-0.05, 0) is 31.6 Å². The van der Waals surface area contributed by atoms with Crippen LogP contribution in [0.1, 0.15) is 65.2 Å². The molecule has 0 saturated carbocycles. The molecule has 2 rings (SSSR count). The van der Waals surface area contributed by atoms with E-state index in [2.05, 4.69) is 17.6 Å². The largest absolute Gasteiger partial charge is 0.356 e. The van der Waals surface area contributed by atoms with Gasteiger partial charge >= 0.3 is 0 Å². The minimum Gasteiger partial charge on any atom is -0.356 e. The number of hydrogen-bond donors (Lipinski definition) is 2.